The number of rotatable bonds is 5. The smallest absolute Gasteiger partial charge is 0.0438 e. The molecule has 1 aromatic rings. The molecule has 0 aliphatic rings. The molecule has 0 nitrogen and oxygen atoms in total. The first-order valence-electron chi connectivity index (χ1n) is 5.25. The Morgan fingerprint density at radius 1 is 1.21 bits per heavy atom. The quantitative estimate of drug-likeness (QED) is 0.607. The van der Waals surface area contributed by atoms with E-state index in [9.17, 15) is 0 Å². The first-order valence-corrected chi connectivity index (χ1v) is 5.63. The third kappa shape index (κ3) is 3.97. The fraction of sp³-hybridized carbons (Fsp3) is 0.385. The maximum absolute atomic E-state index is 6.15. The minimum atomic E-state index is 0.877. The highest BCUT2D eigenvalue weighted by Gasteiger charge is 1.94. The van der Waals surface area contributed by atoms with E-state index in [-0.39, 0.29) is 0 Å². The number of hydrogen-bond donors (Lipinski definition) is 0. The average molecular weight is 209 g/mol. The summed E-state index contributed by atoms with van der Waals surface area (Å²) in [6.07, 6.45) is 6.99. The largest absolute Gasteiger partial charge is 0.0840 e. The second-order valence-corrected chi connectivity index (χ2v) is 3.82. The molecule has 1 heteroatoms. The van der Waals surface area contributed by atoms with Gasteiger partial charge >= 0.3 is 0 Å². The van der Waals surface area contributed by atoms with E-state index in [1.807, 2.05) is 30.3 Å². The molecule has 0 spiro atoms. The molecule has 0 saturated heterocycles. The van der Waals surface area contributed by atoms with Crippen molar-refractivity contribution in [3.63, 3.8) is 0 Å². The molecule has 0 saturated carbocycles. The molecule has 0 N–H and O–H groups in total. The molecule has 0 unspecified atom stereocenters. The van der Waals surface area contributed by atoms with Crippen LogP contribution in [0.4, 0.5) is 0 Å². The predicted octanol–water partition coefficient (Wildman–Crippen LogP) is 4.85. The normalized spacial score (nSPS) is 11.7. The summed E-state index contributed by atoms with van der Waals surface area (Å²) < 4.78 is 0. The molecule has 0 fully saturated rings. The van der Waals surface area contributed by atoms with E-state index in [4.69, 9.17) is 11.6 Å². The van der Waals surface area contributed by atoms with Crippen LogP contribution in [-0.4, -0.2) is 0 Å². The van der Waals surface area contributed by atoms with Crippen LogP contribution in [0.1, 0.15) is 38.2 Å². The van der Waals surface area contributed by atoms with Crippen molar-refractivity contribution in [1.29, 1.82) is 0 Å². The van der Waals surface area contributed by atoms with Gasteiger partial charge in [0.2, 0.25) is 0 Å². The standard InChI is InChI=1S/C13H17Cl/c1-2-3-4-8-11-13(14)12-9-6-5-7-10-12/h5-7,9-11H,2-4,8H2,1H3. The zero-order chi connectivity index (χ0) is 10.2. The summed E-state index contributed by atoms with van der Waals surface area (Å²) in [5.41, 5.74) is 1.12. The van der Waals surface area contributed by atoms with Gasteiger partial charge in [-0.3, -0.25) is 0 Å². The maximum atomic E-state index is 6.15. The van der Waals surface area contributed by atoms with E-state index in [0.29, 0.717) is 0 Å². The number of allylic oxidation sites excluding steroid dienone is 1. The van der Waals surface area contributed by atoms with Crippen molar-refractivity contribution in [2.45, 2.75) is 32.6 Å². The molecule has 0 atom stereocenters. The Morgan fingerprint density at radius 3 is 2.57 bits per heavy atom. The van der Waals surface area contributed by atoms with Gasteiger partial charge in [0, 0.05) is 5.03 Å². The van der Waals surface area contributed by atoms with Crippen molar-refractivity contribution in [1.82, 2.24) is 0 Å². The van der Waals surface area contributed by atoms with Crippen LogP contribution in [0, 0.1) is 0 Å². The molecule has 1 rings (SSSR count). The van der Waals surface area contributed by atoms with Crippen LogP contribution >= 0.6 is 11.6 Å². The van der Waals surface area contributed by atoms with Crippen molar-refractivity contribution < 1.29 is 0 Å². The summed E-state index contributed by atoms with van der Waals surface area (Å²) in [5.74, 6) is 0. The van der Waals surface area contributed by atoms with Gasteiger partial charge in [-0.25, -0.2) is 0 Å². The third-order valence-corrected chi connectivity index (χ3v) is 2.55. The first kappa shape index (κ1) is 11.3. The lowest BCUT2D eigenvalue weighted by Crippen LogP contribution is -1.77. The van der Waals surface area contributed by atoms with Crippen molar-refractivity contribution in [3.8, 4) is 0 Å². The van der Waals surface area contributed by atoms with E-state index < -0.39 is 0 Å². The van der Waals surface area contributed by atoms with Crippen molar-refractivity contribution in [3.05, 3.63) is 42.0 Å². The molecule has 0 radical (unpaired) electrons. The molecule has 14 heavy (non-hydrogen) atoms. The predicted molar refractivity (Wildman–Crippen MR) is 64.4 cm³/mol. The highest BCUT2D eigenvalue weighted by Crippen LogP contribution is 2.19. The van der Waals surface area contributed by atoms with E-state index in [1.165, 1.54) is 19.3 Å². The zero-order valence-corrected chi connectivity index (χ0v) is 9.43. The number of hydrogen-bond acceptors (Lipinski definition) is 0. The van der Waals surface area contributed by atoms with Crippen molar-refractivity contribution in [2.75, 3.05) is 0 Å². The Bertz CT molecular complexity index is 275. The third-order valence-electron chi connectivity index (χ3n) is 2.18. The van der Waals surface area contributed by atoms with E-state index in [1.54, 1.807) is 0 Å². The lowest BCUT2D eigenvalue weighted by atomic mass is 10.1. The average Bonchev–Trinajstić information content (AvgIpc) is 2.25. The summed E-state index contributed by atoms with van der Waals surface area (Å²) in [6, 6.07) is 10.1. The van der Waals surface area contributed by atoms with Crippen LogP contribution < -0.4 is 0 Å². The Kier molecular flexibility index (Phi) is 5.39. The zero-order valence-electron chi connectivity index (χ0n) is 8.67. The van der Waals surface area contributed by atoms with Crippen LogP contribution in [0.25, 0.3) is 5.03 Å². The minimum Gasteiger partial charge on any atom is -0.0840 e. The van der Waals surface area contributed by atoms with E-state index in [2.05, 4.69) is 13.0 Å². The van der Waals surface area contributed by atoms with Crippen LogP contribution in [0.5, 0.6) is 0 Å². The minimum absolute atomic E-state index is 0.877. The molecular formula is C13H17Cl. The van der Waals surface area contributed by atoms with E-state index in [0.717, 1.165) is 17.0 Å². The Morgan fingerprint density at radius 2 is 1.93 bits per heavy atom. The van der Waals surface area contributed by atoms with Crippen LogP contribution in [-0.2, 0) is 0 Å². The fourth-order valence-electron chi connectivity index (χ4n) is 1.34. The Balaban J connectivity index is 2.44. The van der Waals surface area contributed by atoms with Crippen molar-refractivity contribution in [2.24, 2.45) is 0 Å². The molecular weight excluding hydrogens is 192 g/mol. The molecule has 1 aromatic carbocycles. The molecule has 0 aromatic heterocycles. The summed E-state index contributed by atoms with van der Waals surface area (Å²) in [7, 11) is 0. The molecule has 0 aliphatic carbocycles. The second-order valence-electron chi connectivity index (χ2n) is 3.41. The lowest BCUT2D eigenvalue weighted by molar-refractivity contribution is 0.730. The number of benzene rings is 1. The van der Waals surface area contributed by atoms with Crippen LogP contribution in [0.15, 0.2) is 36.4 Å². The lowest BCUT2D eigenvalue weighted by Gasteiger charge is -1.98. The second kappa shape index (κ2) is 6.67. The molecule has 0 aliphatic heterocycles. The van der Waals surface area contributed by atoms with Crippen LogP contribution in [0.3, 0.4) is 0 Å². The van der Waals surface area contributed by atoms with Gasteiger partial charge in [0.1, 0.15) is 0 Å². The highest BCUT2D eigenvalue weighted by molar-refractivity contribution is 6.48. The topological polar surface area (TPSA) is 0 Å². The van der Waals surface area contributed by atoms with Gasteiger partial charge in [-0.05, 0) is 18.4 Å². The van der Waals surface area contributed by atoms with Gasteiger partial charge in [-0.2, -0.15) is 0 Å². The number of unbranched alkanes of at least 4 members (excludes halogenated alkanes) is 3. The van der Waals surface area contributed by atoms with Gasteiger partial charge in [0.05, 0.1) is 0 Å². The van der Waals surface area contributed by atoms with Gasteiger partial charge in [-0.1, -0.05) is 67.8 Å². The molecule has 0 bridgehead atoms. The summed E-state index contributed by atoms with van der Waals surface area (Å²) in [4.78, 5) is 0. The molecule has 76 valence electrons. The molecule has 0 heterocycles. The highest BCUT2D eigenvalue weighted by atomic mass is 35.5. The Hall–Kier alpha value is -0.750. The van der Waals surface area contributed by atoms with Crippen molar-refractivity contribution >= 4 is 16.6 Å². The van der Waals surface area contributed by atoms with Gasteiger partial charge in [-0.15, -0.1) is 0 Å². The summed E-state index contributed by atoms with van der Waals surface area (Å²) in [6.45, 7) is 2.21. The summed E-state index contributed by atoms with van der Waals surface area (Å²) >= 11 is 6.15. The number of halogens is 1. The van der Waals surface area contributed by atoms with Gasteiger partial charge in [0.25, 0.3) is 0 Å². The maximum Gasteiger partial charge on any atom is 0.0438 e. The Labute approximate surface area is 91.6 Å². The SMILES string of the molecule is CCCCCC=C(Cl)c1ccccc1. The molecule has 0 amide bonds. The first-order chi connectivity index (χ1) is 6.84. The van der Waals surface area contributed by atoms with Gasteiger partial charge in [0.15, 0.2) is 0 Å². The van der Waals surface area contributed by atoms with E-state index >= 15 is 0 Å². The van der Waals surface area contributed by atoms with Crippen LogP contribution in [0.2, 0.25) is 0 Å². The van der Waals surface area contributed by atoms with Gasteiger partial charge < -0.3 is 0 Å². The monoisotopic (exact) mass is 208 g/mol. The summed E-state index contributed by atoms with van der Waals surface area (Å²) in [5, 5.41) is 0.877. The fourth-order valence-corrected chi connectivity index (χ4v) is 1.57.